The van der Waals surface area contributed by atoms with Crippen LogP contribution in [-0.2, 0) is 4.57 Å². The van der Waals surface area contributed by atoms with E-state index in [-0.39, 0.29) is 0 Å². The van der Waals surface area contributed by atoms with Crippen LogP contribution in [0, 0.1) is 0 Å². The number of rotatable bonds is 1. The average molecular weight is 211 g/mol. The van der Waals surface area contributed by atoms with Crippen LogP contribution in [0.1, 0.15) is 6.42 Å². The van der Waals surface area contributed by atoms with Gasteiger partial charge in [0, 0.05) is 11.5 Å². The van der Waals surface area contributed by atoms with Crippen molar-refractivity contribution in [1.82, 2.24) is 0 Å². The van der Waals surface area contributed by atoms with Gasteiger partial charge in [-0.3, -0.25) is 0 Å². The molecule has 4 heteroatoms. The van der Waals surface area contributed by atoms with Gasteiger partial charge in [-0.2, -0.15) is 0 Å². The molecule has 1 heterocycles. The van der Waals surface area contributed by atoms with Crippen molar-refractivity contribution in [3.05, 3.63) is 30.3 Å². The molecule has 0 saturated carbocycles. The van der Waals surface area contributed by atoms with Gasteiger partial charge in [-0.1, -0.05) is 30.3 Å². The highest BCUT2D eigenvalue weighted by Gasteiger charge is 2.42. The Morgan fingerprint density at radius 2 is 2.00 bits per heavy atom. The first kappa shape index (κ1) is 9.91. The summed E-state index contributed by atoms with van der Waals surface area (Å²) in [5.41, 5.74) is 5.78. The predicted octanol–water partition coefficient (Wildman–Crippen LogP) is 0.724. The molecule has 3 nitrogen and oxygen atoms in total. The molecule has 3 N–H and O–H groups in total. The van der Waals surface area contributed by atoms with Gasteiger partial charge in [-0.05, 0) is 6.42 Å². The highest BCUT2D eigenvalue weighted by Crippen LogP contribution is 2.54. The summed E-state index contributed by atoms with van der Waals surface area (Å²) < 4.78 is 12.5. The fourth-order valence-electron chi connectivity index (χ4n) is 1.90. The first-order valence-electron chi connectivity index (χ1n) is 4.72. The molecular weight excluding hydrogens is 197 g/mol. The van der Waals surface area contributed by atoms with Gasteiger partial charge in [0.05, 0.1) is 11.9 Å². The molecule has 0 radical (unpaired) electrons. The van der Waals surface area contributed by atoms with Gasteiger partial charge >= 0.3 is 0 Å². The lowest BCUT2D eigenvalue weighted by Crippen LogP contribution is -2.31. The van der Waals surface area contributed by atoms with Gasteiger partial charge in [0.2, 0.25) is 0 Å². The van der Waals surface area contributed by atoms with Crippen LogP contribution in [0.2, 0.25) is 0 Å². The van der Waals surface area contributed by atoms with Crippen molar-refractivity contribution in [3.8, 4) is 0 Å². The first-order chi connectivity index (χ1) is 6.64. The predicted molar refractivity (Wildman–Crippen MR) is 57.1 cm³/mol. The van der Waals surface area contributed by atoms with Crippen LogP contribution < -0.4 is 11.0 Å². The van der Waals surface area contributed by atoms with Crippen molar-refractivity contribution >= 4 is 12.4 Å². The largest absolute Gasteiger partial charge is 0.391 e. The molecule has 14 heavy (non-hydrogen) atoms. The summed E-state index contributed by atoms with van der Waals surface area (Å²) in [7, 11) is -2.54. The number of aliphatic hydroxyl groups excluding tert-OH is 1. The highest BCUT2D eigenvalue weighted by atomic mass is 31.2. The molecule has 1 aromatic carbocycles. The van der Waals surface area contributed by atoms with Crippen molar-refractivity contribution in [2.24, 2.45) is 5.73 Å². The minimum absolute atomic E-state index is 0.527. The number of hydrogen-bond acceptors (Lipinski definition) is 3. The van der Waals surface area contributed by atoms with Crippen LogP contribution in [0.15, 0.2) is 30.3 Å². The SMILES string of the molecule is N[C@H]1[C@H](O)CCP1(=O)c1ccccc1. The van der Waals surface area contributed by atoms with Gasteiger partial charge in [0.1, 0.15) is 7.14 Å². The second kappa shape index (κ2) is 3.50. The maximum atomic E-state index is 12.5. The Bertz CT molecular complexity index is 366. The molecule has 1 unspecified atom stereocenters. The molecule has 0 amide bonds. The van der Waals surface area contributed by atoms with Crippen molar-refractivity contribution in [1.29, 1.82) is 0 Å². The monoisotopic (exact) mass is 211 g/mol. The molecule has 1 aliphatic rings. The summed E-state index contributed by atoms with van der Waals surface area (Å²) in [6.07, 6.45) is 0.466. The zero-order valence-electron chi connectivity index (χ0n) is 7.84. The van der Waals surface area contributed by atoms with Crippen molar-refractivity contribution in [2.75, 3.05) is 6.16 Å². The minimum Gasteiger partial charge on any atom is -0.391 e. The lowest BCUT2D eigenvalue weighted by Gasteiger charge is -2.18. The van der Waals surface area contributed by atoms with Crippen LogP contribution in [0.25, 0.3) is 0 Å². The average Bonchev–Trinajstić information content (AvgIpc) is 2.49. The fraction of sp³-hybridized carbons (Fsp3) is 0.400. The molecule has 1 aliphatic heterocycles. The van der Waals surface area contributed by atoms with Crippen LogP contribution >= 0.6 is 7.14 Å². The van der Waals surface area contributed by atoms with E-state index in [1.54, 1.807) is 0 Å². The van der Waals surface area contributed by atoms with E-state index in [1.165, 1.54) is 0 Å². The van der Waals surface area contributed by atoms with Crippen LogP contribution in [-0.4, -0.2) is 23.2 Å². The number of aliphatic hydroxyl groups is 1. The minimum atomic E-state index is -2.54. The van der Waals surface area contributed by atoms with Crippen molar-refractivity contribution in [3.63, 3.8) is 0 Å². The van der Waals surface area contributed by atoms with Crippen LogP contribution in [0.5, 0.6) is 0 Å². The molecule has 0 aromatic heterocycles. The topological polar surface area (TPSA) is 63.3 Å². The Morgan fingerprint density at radius 1 is 1.36 bits per heavy atom. The lowest BCUT2D eigenvalue weighted by atomic mass is 10.3. The molecule has 1 fully saturated rings. The number of nitrogens with two attached hydrogens (primary N) is 1. The Balaban J connectivity index is 2.39. The van der Waals surface area contributed by atoms with E-state index < -0.39 is 19.0 Å². The highest BCUT2D eigenvalue weighted by molar-refractivity contribution is 7.72. The quantitative estimate of drug-likeness (QED) is 0.673. The fourth-order valence-corrected chi connectivity index (χ4v) is 4.83. The number of benzene rings is 1. The Labute approximate surface area is 83.3 Å². The van der Waals surface area contributed by atoms with Crippen LogP contribution in [0.4, 0.5) is 0 Å². The maximum Gasteiger partial charge on any atom is 0.134 e. The molecule has 0 spiro atoms. The second-order valence-corrected chi connectivity index (χ2v) is 6.85. The third kappa shape index (κ3) is 1.42. The van der Waals surface area contributed by atoms with Gasteiger partial charge in [-0.25, -0.2) is 0 Å². The standard InChI is InChI=1S/C10H14NO2P/c11-10-9(12)6-7-14(10,13)8-4-2-1-3-5-8/h1-5,9-10,12H,6-7,11H2/t9-,10-,14?/m1/s1. The molecule has 0 aliphatic carbocycles. The van der Waals surface area contributed by atoms with E-state index in [0.717, 1.165) is 5.30 Å². The summed E-state index contributed by atoms with van der Waals surface area (Å²) in [6.45, 7) is 0. The Morgan fingerprint density at radius 3 is 2.50 bits per heavy atom. The maximum absolute atomic E-state index is 12.5. The third-order valence-electron chi connectivity index (χ3n) is 2.83. The molecular formula is C10H14NO2P. The van der Waals surface area contributed by atoms with Gasteiger partial charge < -0.3 is 15.4 Å². The molecule has 2 rings (SSSR count). The summed E-state index contributed by atoms with van der Waals surface area (Å²) in [5, 5.41) is 10.3. The first-order valence-corrected chi connectivity index (χ1v) is 6.69. The Hall–Kier alpha value is -0.630. The van der Waals surface area contributed by atoms with E-state index >= 15 is 0 Å². The molecule has 1 saturated heterocycles. The van der Waals surface area contributed by atoms with Gasteiger partial charge in [0.25, 0.3) is 0 Å². The zero-order valence-corrected chi connectivity index (χ0v) is 8.73. The normalized spacial score (nSPS) is 37.3. The summed E-state index contributed by atoms with van der Waals surface area (Å²) in [5.74, 6) is -0.579. The smallest absolute Gasteiger partial charge is 0.134 e. The van der Waals surface area contributed by atoms with Crippen molar-refractivity contribution in [2.45, 2.75) is 18.3 Å². The summed E-state index contributed by atoms with van der Waals surface area (Å²) in [6, 6.07) is 9.25. The van der Waals surface area contributed by atoms with E-state index in [9.17, 15) is 9.67 Å². The molecule has 3 atom stereocenters. The van der Waals surface area contributed by atoms with E-state index in [0.29, 0.717) is 12.6 Å². The molecule has 0 bridgehead atoms. The second-order valence-electron chi connectivity index (χ2n) is 3.70. The summed E-state index contributed by atoms with van der Waals surface area (Å²) >= 11 is 0. The van der Waals surface area contributed by atoms with Gasteiger partial charge in [0.15, 0.2) is 0 Å². The number of hydrogen-bond donors (Lipinski definition) is 2. The van der Waals surface area contributed by atoms with E-state index in [4.69, 9.17) is 5.73 Å². The van der Waals surface area contributed by atoms with Crippen LogP contribution in [0.3, 0.4) is 0 Å². The van der Waals surface area contributed by atoms with E-state index in [2.05, 4.69) is 0 Å². The zero-order chi connectivity index (χ0) is 10.2. The van der Waals surface area contributed by atoms with E-state index in [1.807, 2.05) is 30.3 Å². The third-order valence-corrected chi connectivity index (χ3v) is 6.23. The Kier molecular flexibility index (Phi) is 2.48. The lowest BCUT2D eigenvalue weighted by molar-refractivity contribution is 0.176. The van der Waals surface area contributed by atoms with Gasteiger partial charge in [-0.15, -0.1) is 0 Å². The molecule has 1 aromatic rings. The van der Waals surface area contributed by atoms with Crippen molar-refractivity contribution < 1.29 is 9.67 Å². The summed E-state index contributed by atoms with van der Waals surface area (Å²) in [4.78, 5) is 0. The molecule has 76 valence electrons.